The Bertz CT molecular complexity index is 1040. The number of amides is 3. The van der Waals surface area contributed by atoms with E-state index in [2.05, 4.69) is 35.9 Å². The summed E-state index contributed by atoms with van der Waals surface area (Å²) in [5, 5.41) is 17.3. The van der Waals surface area contributed by atoms with Crippen molar-refractivity contribution in [3.63, 3.8) is 0 Å². The highest BCUT2D eigenvalue weighted by Crippen LogP contribution is 2.07. The largest absolute Gasteiger partial charge is 0.480 e. The average Bonchev–Trinajstić information content (AvgIpc) is 3.44. The predicted molar refractivity (Wildman–Crippen MR) is 156 cm³/mol. The number of hydrogen-bond acceptors (Lipinski definition) is 9. The van der Waals surface area contributed by atoms with Crippen molar-refractivity contribution in [2.75, 3.05) is 19.6 Å². The standard InChI is InChI=1S/C24H45N13O5/c25-8-2-1-5-15(26)19(38)37-18(11-14-12-31-13-34-14)21(40)35-16(6-3-9-32-23(27)28)20(39)36-17(22(41)42)7-4-10-33-24(29)30/h12-13,15-18H,1-11,25-26H2,(H,31,34)(H,35,40)(H,36,39)(H,37,38)(H,41,42)(H4,27,28,32)(H4,29,30,33). The summed E-state index contributed by atoms with van der Waals surface area (Å²) in [6, 6.07) is -4.44. The fraction of sp³-hybridized carbons (Fsp3) is 0.625. The Morgan fingerprint density at radius 2 is 1.36 bits per heavy atom. The van der Waals surface area contributed by atoms with Gasteiger partial charge in [0.05, 0.1) is 12.4 Å². The minimum absolute atomic E-state index is 0.0258. The zero-order valence-electron chi connectivity index (χ0n) is 23.6. The van der Waals surface area contributed by atoms with E-state index in [4.69, 9.17) is 34.4 Å². The first kappa shape index (κ1) is 35.6. The quantitative estimate of drug-likeness (QED) is 0.0368. The normalized spacial score (nSPS) is 13.6. The van der Waals surface area contributed by atoms with E-state index < -0.39 is 47.9 Å². The van der Waals surface area contributed by atoms with Gasteiger partial charge >= 0.3 is 5.97 Å². The number of nitrogens with one attached hydrogen (secondary N) is 4. The van der Waals surface area contributed by atoms with Gasteiger partial charge in [0.25, 0.3) is 0 Å². The lowest BCUT2D eigenvalue weighted by Crippen LogP contribution is -2.57. The van der Waals surface area contributed by atoms with E-state index >= 15 is 0 Å². The van der Waals surface area contributed by atoms with Gasteiger partial charge in [-0.05, 0) is 45.1 Å². The predicted octanol–water partition coefficient (Wildman–Crippen LogP) is -3.95. The molecular formula is C24H45N13O5. The third-order valence-electron chi connectivity index (χ3n) is 6.06. The summed E-state index contributed by atoms with van der Waals surface area (Å²) < 4.78 is 0. The molecular weight excluding hydrogens is 550 g/mol. The first-order valence-corrected chi connectivity index (χ1v) is 13.6. The van der Waals surface area contributed by atoms with Gasteiger partial charge in [-0.3, -0.25) is 24.4 Å². The van der Waals surface area contributed by atoms with E-state index in [1.54, 1.807) is 0 Å². The van der Waals surface area contributed by atoms with Crippen molar-refractivity contribution in [1.82, 2.24) is 25.9 Å². The number of guanidine groups is 2. The van der Waals surface area contributed by atoms with Gasteiger partial charge in [-0.15, -0.1) is 0 Å². The van der Waals surface area contributed by atoms with Crippen molar-refractivity contribution >= 4 is 35.6 Å². The number of rotatable bonds is 21. The molecule has 0 aliphatic heterocycles. The topological polar surface area (TPSA) is 334 Å². The Morgan fingerprint density at radius 3 is 1.88 bits per heavy atom. The van der Waals surface area contributed by atoms with Crippen molar-refractivity contribution in [2.24, 2.45) is 44.4 Å². The number of H-pyrrole nitrogens is 1. The van der Waals surface area contributed by atoms with Crippen LogP contribution in [0.2, 0.25) is 0 Å². The second-order valence-corrected chi connectivity index (χ2v) is 9.59. The molecule has 17 N–H and O–H groups in total. The summed E-state index contributed by atoms with van der Waals surface area (Å²) in [4.78, 5) is 65.7. The van der Waals surface area contributed by atoms with Crippen molar-refractivity contribution in [3.05, 3.63) is 18.2 Å². The van der Waals surface area contributed by atoms with Crippen LogP contribution in [0.3, 0.4) is 0 Å². The van der Waals surface area contributed by atoms with E-state index in [9.17, 15) is 24.3 Å². The molecule has 236 valence electrons. The number of nitrogens with zero attached hydrogens (tertiary/aromatic N) is 3. The molecule has 0 bridgehead atoms. The fourth-order valence-corrected chi connectivity index (χ4v) is 3.82. The molecule has 1 heterocycles. The Hall–Kier alpha value is -4.45. The minimum Gasteiger partial charge on any atom is -0.480 e. The number of aromatic amines is 1. The number of aromatic nitrogens is 2. The lowest BCUT2D eigenvalue weighted by Gasteiger charge is -2.25. The van der Waals surface area contributed by atoms with Gasteiger partial charge in [0, 0.05) is 31.4 Å². The van der Waals surface area contributed by atoms with Crippen LogP contribution in [0.5, 0.6) is 0 Å². The molecule has 18 nitrogen and oxygen atoms in total. The van der Waals surface area contributed by atoms with Crippen LogP contribution in [-0.2, 0) is 25.6 Å². The molecule has 4 unspecified atom stereocenters. The number of hydrogen-bond donors (Lipinski definition) is 11. The molecule has 0 aliphatic rings. The van der Waals surface area contributed by atoms with Crippen LogP contribution < -0.4 is 50.4 Å². The molecule has 42 heavy (non-hydrogen) atoms. The highest BCUT2D eigenvalue weighted by molar-refractivity contribution is 5.94. The summed E-state index contributed by atoms with van der Waals surface area (Å²) in [5.41, 5.74) is 33.4. The smallest absolute Gasteiger partial charge is 0.326 e. The van der Waals surface area contributed by atoms with Gasteiger partial charge in [0.2, 0.25) is 17.7 Å². The SMILES string of the molecule is NCCCCC(N)C(=O)NC(Cc1cnc[nH]1)C(=O)NC(CCCN=C(N)N)C(=O)NC(CCCN=C(N)N)C(=O)O. The van der Waals surface area contributed by atoms with Gasteiger partial charge in [-0.2, -0.15) is 0 Å². The number of carbonyl (C=O) groups excluding carboxylic acids is 3. The number of carbonyl (C=O) groups is 4. The van der Waals surface area contributed by atoms with Crippen molar-refractivity contribution in [2.45, 2.75) is 75.5 Å². The third kappa shape index (κ3) is 14.8. The van der Waals surface area contributed by atoms with Gasteiger partial charge in [-0.25, -0.2) is 9.78 Å². The summed E-state index contributed by atoms with van der Waals surface area (Å²) in [7, 11) is 0. The number of carboxylic acids is 1. The average molecular weight is 596 g/mol. The molecule has 0 radical (unpaired) electrons. The van der Waals surface area contributed by atoms with Gasteiger partial charge in [0.15, 0.2) is 11.9 Å². The van der Waals surface area contributed by atoms with Gasteiger partial charge in [-0.1, -0.05) is 6.42 Å². The van der Waals surface area contributed by atoms with Crippen molar-refractivity contribution in [1.29, 1.82) is 0 Å². The number of aliphatic imine (C=N–C) groups is 2. The Kier molecular flexibility index (Phi) is 16.6. The van der Waals surface area contributed by atoms with E-state index in [1.807, 2.05) is 0 Å². The first-order chi connectivity index (χ1) is 19.9. The van der Waals surface area contributed by atoms with E-state index in [0.717, 1.165) is 0 Å². The Morgan fingerprint density at radius 1 is 0.810 bits per heavy atom. The summed E-state index contributed by atoms with van der Waals surface area (Å²) in [5.74, 6) is -3.53. The molecule has 0 saturated heterocycles. The van der Waals surface area contributed by atoms with Crippen molar-refractivity contribution in [3.8, 4) is 0 Å². The highest BCUT2D eigenvalue weighted by atomic mass is 16.4. The molecule has 4 atom stereocenters. The number of aliphatic carboxylic acids is 1. The van der Waals surface area contributed by atoms with Crippen LogP contribution in [0.1, 0.15) is 50.6 Å². The number of nitrogens with two attached hydrogens (primary N) is 6. The maximum Gasteiger partial charge on any atom is 0.326 e. The molecule has 0 aliphatic carbocycles. The van der Waals surface area contributed by atoms with Crippen LogP contribution in [0.25, 0.3) is 0 Å². The van der Waals surface area contributed by atoms with Crippen LogP contribution in [-0.4, -0.2) is 94.5 Å². The van der Waals surface area contributed by atoms with Gasteiger partial charge < -0.3 is 60.4 Å². The zero-order chi connectivity index (χ0) is 31.5. The molecule has 0 fully saturated rings. The third-order valence-corrected chi connectivity index (χ3v) is 6.06. The molecule has 0 saturated carbocycles. The number of unbranched alkanes of at least 4 members (excludes halogenated alkanes) is 1. The fourth-order valence-electron chi connectivity index (χ4n) is 3.82. The monoisotopic (exact) mass is 595 g/mol. The Labute approximate surface area is 243 Å². The van der Waals surface area contributed by atoms with E-state index in [0.29, 0.717) is 31.5 Å². The van der Waals surface area contributed by atoms with Crippen molar-refractivity contribution < 1.29 is 24.3 Å². The Balaban J connectivity index is 3.06. The molecule has 18 heteroatoms. The van der Waals surface area contributed by atoms with Crippen LogP contribution in [0.4, 0.5) is 0 Å². The van der Waals surface area contributed by atoms with E-state index in [-0.39, 0.29) is 57.1 Å². The lowest BCUT2D eigenvalue weighted by molar-refractivity contribution is -0.142. The molecule has 1 aromatic heterocycles. The summed E-state index contributed by atoms with van der Waals surface area (Å²) in [6.07, 6.45) is 5.30. The van der Waals surface area contributed by atoms with Crippen LogP contribution >= 0.6 is 0 Å². The van der Waals surface area contributed by atoms with Crippen LogP contribution in [0.15, 0.2) is 22.5 Å². The maximum absolute atomic E-state index is 13.4. The van der Waals surface area contributed by atoms with Gasteiger partial charge in [0.1, 0.15) is 18.1 Å². The lowest BCUT2D eigenvalue weighted by atomic mass is 10.0. The molecule has 0 spiro atoms. The molecule has 1 aromatic rings. The molecule has 3 amide bonds. The maximum atomic E-state index is 13.4. The molecule has 1 rings (SSSR count). The summed E-state index contributed by atoms with van der Waals surface area (Å²) >= 11 is 0. The second-order valence-electron chi connectivity index (χ2n) is 9.59. The number of carboxylic acid groups (broad SMARTS) is 1. The number of imidazole rings is 1. The first-order valence-electron chi connectivity index (χ1n) is 13.6. The minimum atomic E-state index is -1.27. The van der Waals surface area contributed by atoms with E-state index in [1.165, 1.54) is 12.5 Å². The molecule has 0 aromatic carbocycles. The summed E-state index contributed by atoms with van der Waals surface area (Å²) in [6.45, 7) is 0.795. The second kappa shape index (κ2) is 19.6. The van der Waals surface area contributed by atoms with Crippen LogP contribution in [0, 0.1) is 0 Å². The highest BCUT2D eigenvalue weighted by Gasteiger charge is 2.30. The zero-order valence-corrected chi connectivity index (χ0v) is 23.6.